The Balaban J connectivity index is 1.33. The van der Waals surface area contributed by atoms with E-state index in [2.05, 4.69) is 38.7 Å². The number of aryl methyl sites for hydroxylation is 1. The van der Waals surface area contributed by atoms with Crippen LogP contribution in [0.15, 0.2) is 59.8 Å². The number of anilines is 1. The molecule has 0 saturated heterocycles. The quantitative estimate of drug-likeness (QED) is 0.449. The molecule has 1 saturated carbocycles. The third-order valence-corrected chi connectivity index (χ3v) is 8.72. The molecule has 35 heavy (non-hydrogen) atoms. The molecule has 0 bridgehead atoms. The SMILES string of the molecule is Cn1cc(S(=O)(=O)NCC(=O)Nc2ccc3c(c2)C(C2(c4ccc(Cl)cc4)CCC2)NCC3)cn1. The van der Waals surface area contributed by atoms with Crippen LogP contribution < -0.4 is 15.4 Å². The highest BCUT2D eigenvalue weighted by molar-refractivity contribution is 7.89. The first-order valence-electron chi connectivity index (χ1n) is 11.7. The molecular formula is C25H28ClN5O3S. The number of carbonyl (C=O) groups excluding carboxylic acids is 1. The Labute approximate surface area is 210 Å². The Morgan fingerprint density at radius 3 is 2.66 bits per heavy atom. The Morgan fingerprint density at radius 2 is 2.00 bits per heavy atom. The van der Waals surface area contributed by atoms with Crippen LogP contribution in [0.5, 0.6) is 0 Å². The Kier molecular flexibility index (Phi) is 6.43. The van der Waals surface area contributed by atoms with Gasteiger partial charge in [0.1, 0.15) is 4.90 Å². The predicted octanol–water partition coefficient (Wildman–Crippen LogP) is 3.30. The molecule has 184 valence electrons. The maximum Gasteiger partial charge on any atom is 0.244 e. The first kappa shape index (κ1) is 24.0. The van der Waals surface area contributed by atoms with Crippen LogP contribution in [0.3, 0.4) is 0 Å². The summed E-state index contributed by atoms with van der Waals surface area (Å²) in [5.74, 6) is -0.436. The van der Waals surface area contributed by atoms with Gasteiger partial charge in [-0.2, -0.15) is 5.10 Å². The lowest BCUT2D eigenvalue weighted by Gasteiger charge is -2.50. The summed E-state index contributed by atoms with van der Waals surface area (Å²) >= 11 is 6.15. The van der Waals surface area contributed by atoms with Crippen molar-refractivity contribution in [3.8, 4) is 0 Å². The van der Waals surface area contributed by atoms with Gasteiger partial charge in [-0.25, -0.2) is 13.1 Å². The molecule has 5 rings (SSSR count). The van der Waals surface area contributed by atoms with Crippen molar-refractivity contribution in [3.63, 3.8) is 0 Å². The monoisotopic (exact) mass is 513 g/mol. The summed E-state index contributed by atoms with van der Waals surface area (Å²) < 4.78 is 28.5. The number of carbonyl (C=O) groups is 1. The molecular weight excluding hydrogens is 486 g/mol. The highest BCUT2D eigenvalue weighted by atomic mass is 35.5. The normalized spacial score (nSPS) is 19.0. The minimum Gasteiger partial charge on any atom is -0.325 e. The van der Waals surface area contributed by atoms with Gasteiger partial charge >= 0.3 is 0 Å². The number of sulfonamides is 1. The molecule has 0 radical (unpaired) electrons. The molecule has 3 aromatic rings. The van der Waals surface area contributed by atoms with Crippen molar-refractivity contribution in [1.82, 2.24) is 19.8 Å². The number of fused-ring (bicyclic) bond motifs is 1. The number of halogens is 1. The summed E-state index contributed by atoms with van der Waals surface area (Å²) in [6, 6.07) is 14.2. The molecule has 1 aliphatic carbocycles. The maximum absolute atomic E-state index is 12.6. The van der Waals surface area contributed by atoms with Crippen LogP contribution >= 0.6 is 11.6 Å². The van der Waals surface area contributed by atoms with Crippen molar-refractivity contribution in [2.75, 3.05) is 18.4 Å². The summed E-state index contributed by atoms with van der Waals surface area (Å²) in [6.45, 7) is 0.527. The zero-order valence-electron chi connectivity index (χ0n) is 19.4. The highest BCUT2D eigenvalue weighted by Gasteiger charge is 2.47. The van der Waals surface area contributed by atoms with E-state index >= 15 is 0 Å². The minimum atomic E-state index is -3.81. The van der Waals surface area contributed by atoms with E-state index < -0.39 is 15.9 Å². The number of nitrogens with one attached hydrogen (secondary N) is 3. The van der Waals surface area contributed by atoms with Crippen LogP contribution in [0.1, 0.15) is 42.0 Å². The molecule has 2 aliphatic rings. The molecule has 10 heteroatoms. The summed E-state index contributed by atoms with van der Waals surface area (Å²) in [6.07, 6.45) is 6.88. The Morgan fingerprint density at radius 1 is 1.23 bits per heavy atom. The second-order valence-corrected chi connectivity index (χ2v) is 11.5. The van der Waals surface area contributed by atoms with Gasteiger partial charge in [-0.05, 0) is 66.8 Å². The van der Waals surface area contributed by atoms with Gasteiger partial charge in [-0.1, -0.05) is 36.2 Å². The summed E-state index contributed by atoms with van der Waals surface area (Å²) in [5, 5.41) is 11.2. The summed E-state index contributed by atoms with van der Waals surface area (Å²) in [7, 11) is -2.18. The molecule has 2 heterocycles. The summed E-state index contributed by atoms with van der Waals surface area (Å²) in [4.78, 5) is 12.6. The van der Waals surface area contributed by atoms with Crippen LogP contribution in [0, 0.1) is 0 Å². The highest BCUT2D eigenvalue weighted by Crippen LogP contribution is 2.53. The maximum atomic E-state index is 12.6. The topological polar surface area (TPSA) is 105 Å². The van der Waals surface area contributed by atoms with Gasteiger partial charge in [0, 0.05) is 35.4 Å². The fraction of sp³-hybridized carbons (Fsp3) is 0.360. The number of benzene rings is 2. The van der Waals surface area contributed by atoms with Gasteiger partial charge in [0.15, 0.2) is 0 Å². The van der Waals surface area contributed by atoms with Gasteiger partial charge in [-0.15, -0.1) is 0 Å². The zero-order valence-corrected chi connectivity index (χ0v) is 21.0. The van der Waals surface area contributed by atoms with E-state index in [4.69, 9.17) is 11.6 Å². The fourth-order valence-corrected chi connectivity index (χ4v) is 6.28. The first-order chi connectivity index (χ1) is 16.8. The molecule has 1 unspecified atom stereocenters. The first-order valence-corrected chi connectivity index (χ1v) is 13.5. The lowest BCUT2D eigenvalue weighted by molar-refractivity contribution is -0.115. The van der Waals surface area contributed by atoms with E-state index in [0.29, 0.717) is 5.69 Å². The number of aromatic nitrogens is 2. The number of nitrogens with zero attached hydrogens (tertiary/aromatic N) is 2. The molecule has 8 nitrogen and oxygen atoms in total. The van der Waals surface area contributed by atoms with Crippen LogP contribution in [-0.2, 0) is 33.7 Å². The standard InChI is InChI=1S/C25H28ClN5O3S/c1-31-16-21(14-28-31)35(33,34)29-15-23(32)30-20-8-3-17-9-12-27-24(22(17)13-20)25(10-2-11-25)18-4-6-19(26)7-5-18/h3-8,13-14,16,24,27,29H,2,9-12,15H2,1H3,(H,30,32). The van der Waals surface area contributed by atoms with E-state index in [1.54, 1.807) is 7.05 Å². The minimum absolute atomic E-state index is 0.0122. The Hall–Kier alpha value is -2.72. The fourth-order valence-electron chi connectivity index (χ4n) is 5.19. The molecule has 2 aromatic carbocycles. The number of hydrogen-bond acceptors (Lipinski definition) is 5. The van der Waals surface area contributed by atoms with Crippen molar-refractivity contribution < 1.29 is 13.2 Å². The van der Waals surface area contributed by atoms with Crippen LogP contribution in [-0.4, -0.2) is 37.2 Å². The van der Waals surface area contributed by atoms with E-state index in [1.165, 1.54) is 40.2 Å². The lowest BCUT2D eigenvalue weighted by atomic mass is 9.58. The average Bonchev–Trinajstić information content (AvgIpc) is 3.26. The van der Waals surface area contributed by atoms with Crippen molar-refractivity contribution >= 4 is 33.2 Å². The molecule has 1 fully saturated rings. The van der Waals surface area contributed by atoms with Crippen molar-refractivity contribution in [2.24, 2.45) is 7.05 Å². The predicted molar refractivity (Wildman–Crippen MR) is 135 cm³/mol. The third-order valence-electron chi connectivity index (χ3n) is 7.12. The third kappa shape index (κ3) is 4.73. The van der Waals surface area contributed by atoms with E-state index in [9.17, 15) is 13.2 Å². The molecule has 1 aliphatic heterocycles. The molecule has 0 spiro atoms. The summed E-state index contributed by atoms with van der Waals surface area (Å²) in [5.41, 5.74) is 4.36. The molecule has 1 amide bonds. The number of amides is 1. The van der Waals surface area contributed by atoms with Gasteiger partial charge in [-0.3, -0.25) is 9.48 Å². The van der Waals surface area contributed by atoms with Crippen molar-refractivity contribution in [1.29, 1.82) is 0 Å². The number of rotatable bonds is 7. The smallest absolute Gasteiger partial charge is 0.244 e. The zero-order chi connectivity index (χ0) is 24.6. The lowest BCUT2D eigenvalue weighted by Crippen LogP contribution is -2.49. The second kappa shape index (κ2) is 9.39. The van der Waals surface area contributed by atoms with Gasteiger partial charge in [0.25, 0.3) is 0 Å². The molecule has 1 atom stereocenters. The van der Waals surface area contributed by atoms with Crippen LogP contribution in [0.2, 0.25) is 5.02 Å². The van der Waals surface area contributed by atoms with Gasteiger partial charge < -0.3 is 10.6 Å². The molecule has 1 aromatic heterocycles. The van der Waals surface area contributed by atoms with Gasteiger partial charge in [0.05, 0.1) is 12.7 Å². The van der Waals surface area contributed by atoms with Gasteiger partial charge in [0.2, 0.25) is 15.9 Å². The van der Waals surface area contributed by atoms with Crippen LogP contribution in [0.25, 0.3) is 0 Å². The Bertz CT molecular complexity index is 1350. The second-order valence-electron chi connectivity index (χ2n) is 9.29. The average molecular weight is 514 g/mol. The number of hydrogen-bond donors (Lipinski definition) is 3. The van der Waals surface area contributed by atoms with E-state index in [0.717, 1.165) is 30.8 Å². The van der Waals surface area contributed by atoms with Crippen molar-refractivity contribution in [2.45, 2.75) is 42.0 Å². The van der Waals surface area contributed by atoms with E-state index in [1.807, 2.05) is 24.3 Å². The largest absolute Gasteiger partial charge is 0.325 e. The van der Waals surface area contributed by atoms with E-state index in [-0.39, 0.29) is 22.9 Å². The molecule has 3 N–H and O–H groups in total. The van der Waals surface area contributed by atoms with Crippen molar-refractivity contribution in [3.05, 3.63) is 76.6 Å². The van der Waals surface area contributed by atoms with Crippen LogP contribution in [0.4, 0.5) is 5.69 Å².